The molecule has 23 heteroatoms. The maximum absolute atomic E-state index is 14.0. The molecule has 0 aliphatic rings. The number of aromatic amines is 1. The van der Waals surface area contributed by atoms with E-state index in [-0.39, 0.29) is 39.6 Å². The molecule has 0 aliphatic carbocycles. The molecule has 21 nitrogen and oxygen atoms in total. The Balaban J connectivity index is 2.85. The van der Waals surface area contributed by atoms with E-state index in [1.807, 2.05) is 4.98 Å². The zero-order chi connectivity index (χ0) is 36.0. The monoisotopic (exact) mass is 724 g/mol. The van der Waals surface area contributed by atoms with E-state index in [1.54, 1.807) is 0 Å². The van der Waals surface area contributed by atoms with Crippen LogP contribution in [0.3, 0.4) is 0 Å². The van der Waals surface area contributed by atoms with E-state index < -0.39 is 82.1 Å². The number of halogens is 1. The highest BCUT2D eigenvalue weighted by Gasteiger charge is 2.45. The van der Waals surface area contributed by atoms with Crippen LogP contribution in [0.1, 0.15) is 13.2 Å². The summed E-state index contributed by atoms with van der Waals surface area (Å²) in [7, 11) is -1.99. The van der Waals surface area contributed by atoms with Gasteiger partial charge < -0.3 is 53.2 Å². The van der Waals surface area contributed by atoms with Crippen LogP contribution in [-0.4, -0.2) is 143 Å². The first kappa shape index (κ1) is 43.0. The Kier molecular flexibility index (Phi) is 20.9. The SMILES string of the molecule is COCCOCCOC(=O)OCOP(=O)(OCOC(=O)OCCOCCOC)OC[C@H](CF)[C@@H](O)[C@@](C)(O)[C@@H](O)n1ccc(=O)[nH]c1=O. The molecule has 0 aliphatic heterocycles. The fraction of sp³-hybridized carbons (Fsp3) is 0.760. The minimum Gasteiger partial charge on any atom is -0.432 e. The van der Waals surface area contributed by atoms with E-state index in [0.717, 1.165) is 19.2 Å². The Bertz CT molecular complexity index is 1190. The number of carbonyl (C=O) groups is 2. The molecule has 1 aromatic heterocycles. The Morgan fingerprint density at radius 1 is 0.875 bits per heavy atom. The van der Waals surface area contributed by atoms with Crippen LogP contribution in [0.4, 0.5) is 14.0 Å². The van der Waals surface area contributed by atoms with Crippen LogP contribution >= 0.6 is 7.82 Å². The zero-order valence-electron chi connectivity index (χ0n) is 26.5. The predicted molar refractivity (Wildman–Crippen MR) is 154 cm³/mol. The van der Waals surface area contributed by atoms with Crippen molar-refractivity contribution in [3.8, 4) is 0 Å². The highest BCUT2D eigenvalue weighted by molar-refractivity contribution is 7.48. The third kappa shape index (κ3) is 16.4. The molecule has 1 heterocycles. The lowest BCUT2D eigenvalue weighted by molar-refractivity contribution is -0.184. The van der Waals surface area contributed by atoms with Crippen molar-refractivity contribution in [2.75, 3.05) is 93.9 Å². The van der Waals surface area contributed by atoms with E-state index in [2.05, 4.69) is 9.47 Å². The second kappa shape index (κ2) is 23.4. The molecule has 0 amide bonds. The Labute approximate surface area is 273 Å². The van der Waals surface area contributed by atoms with E-state index in [9.17, 15) is 43.5 Å². The van der Waals surface area contributed by atoms with E-state index in [0.29, 0.717) is 17.8 Å². The maximum Gasteiger partial charge on any atom is 0.510 e. The summed E-state index contributed by atoms with van der Waals surface area (Å²) in [6.07, 6.45) is -6.20. The Morgan fingerprint density at radius 3 is 1.83 bits per heavy atom. The molecule has 0 aromatic carbocycles. The molecule has 0 saturated heterocycles. The number of hydrogen-bond acceptors (Lipinski definition) is 19. The van der Waals surface area contributed by atoms with Crippen molar-refractivity contribution < 1.29 is 85.3 Å². The molecular formula is C25H42FN2O19P. The number of phosphoric acid groups is 1. The normalized spacial score (nSPS) is 14.8. The van der Waals surface area contributed by atoms with Gasteiger partial charge in [-0.15, -0.1) is 0 Å². The van der Waals surface area contributed by atoms with Gasteiger partial charge in [0, 0.05) is 32.4 Å². The van der Waals surface area contributed by atoms with Crippen LogP contribution in [0, 0.1) is 5.92 Å². The number of ether oxygens (including phenoxy) is 8. The smallest absolute Gasteiger partial charge is 0.432 e. The molecule has 0 radical (unpaired) electrons. The van der Waals surface area contributed by atoms with E-state index in [1.165, 1.54) is 14.2 Å². The lowest BCUT2D eigenvalue weighted by Gasteiger charge is -2.37. The van der Waals surface area contributed by atoms with E-state index in [4.69, 9.17) is 42.0 Å². The first-order valence-electron chi connectivity index (χ1n) is 14.0. The zero-order valence-corrected chi connectivity index (χ0v) is 27.4. The molecule has 0 unspecified atom stereocenters. The molecule has 1 aromatic rings. The average Bonchev–Trinajstić information content (AvgIpc) is 3.04. The highest BCUT2D eigenvalue weighted by Crippen LogP contribution is 2.50. The minimum atomic E-state index is -4.93. The number of alkyl halides is 1. The van der Waals surface area contributed by atoms with Crippen molar-refractivity contribution in [2.45, 2.75) is 24.9 Å². The third-order valence-corrected chi connectivity index (χ3v) is 7.17. The summed E-state index contributed by atoms with van der Waals surface area (Å²) in [6, 6.07) is 0.844. The predicted octanol–water partition coefficient (Wildman–Crippen LogP) is -0.570. The van der Waals surface area contributed by atoms with Crippen molar-refractivity contribution in [1.82, 2.24) is 9.55 Å². The van der Waals surface area contributed by atoms with Crippen LogP contribution in [0.15, 0.2) is 21.9 Å². The number of H-pyrrole nitrogens is 1. The maximum atomic E-state index is 14.0. The molecule has 4 atom stereocenters. The second-order valence-corrected chi connectivity index (χ2v) is 11.1. The van der Waals surface area contributed by atoms with Crippen LogP contribution in [0.2, 0.25) is 0 Å². The van der Waals surface area contributed by atoms with Crippen molar-refractivity contribution in [3.05, 3.63) is 33.1 Å². The van der Waals surface area contributed by atoms with Gasteiger partial charge in [0.2, 0.25) is 13.6 Å². The lowest BCUT2D eigenvalue weighted by atomic mass is 9.87. The van der Waals surface area contributed by atoms with Gasteiger partial charge in [0.05, 0.1) is 59.0 Å². The number of nitrogens with one attached hydrogen (secondary N) is 1. The molecule has 0 fully saturated rings. The van der Waals surface area contributed by atoms with Gasteiger partial charge >= 0.3 is 25.8 Å². The highest BCUT2D eigenvalue weighted by atomic mass is 31.2. The van der Waals surface area contributed by atoms with Gasteiger partial charge in [0.25, 0.3) is 5.56 Å². The summed E-state index contributed by atoms with van der Waals surface area (Å²) in [4.78, 5) is 48.8. The fourth-order valence-electron chi connectivity index (χ4n) is 3.27. The summed E-state index contributed by atoms with van der Waals surface area (Å²) in [6.45, 7) is -3.28. The van der Waals surface area contributed by atoms with Crippen molar-refractivity contribution in [3.63, 3.8) is 0 Å². The minimum absolute atomic E-state index is 0.000977. The van der Waals surface area contributed by atoms with Crippen LogP contribution in [0.5, 0.6) is 0 Å². The topological polar surface area (TPSA) is 268 Å². The summed E-state index contributed by atoms with van der Waals surface area (Å²) in [5.41, 5.74) is -4.65. The van der Waals surface area contributed by atoms with Crippen molar-refractivity contribution in [1.29, 1.82) is 0 Å². The standard InChI is InChI=1S/C25H42FN2O19P/c1-25(35,21(31)28-5-4-19(29)27-22(28)32)20(30)18(14-26)15-45-48(36,46-16-43-23(33)41-12-10-39-8-6-37-2)47-17-44-24(34)42-13-11-40-9-7-38-3/h4-5,18,20-21,30-31,35H,6-17H2,1-3H3,(H,27,29,32)/t18-,20+,21+,25+/m0/s1. The average molecular weight is 725 g/mol. The van der Waals surface area contributed by atoms with Gasteiger partial charge in [-0.25, -0.2) is 28.0 Å². The first-order chi connectivity index (χ1) is 22.8. The lowest BCUT2D eigenvalue weighted by Crippen LogP contribution is -2.54. The number of aliphatic hydroxyl groups is 3. The summed E-state index contributed by atoms with van der Waals surface area (Å²) < 4.78 is 80.9. The van der Waals surface area contributed by atoms with Crippen molar-refractivity contribution >= 4 is 20.1 Å². The van der Waals surface area contributed by atoms with Gasteiger partial charge in [0.15, 0.2) is 6.23 Å². The molecule has 1 rings (SSSR count). The number of nitrogens with zero attached hydrogens (tertiary/aromatic N) is 1. The molecule has 48 heavy (non-hydrogen) atoms. The van der Waals surface area contributed by atoms with Crippen LogP contribution < -0.4 is 11.2 Å². The molecule has 0 saturated carbocycles. The number of aliphatic hydroxyl groups excluding tert-OH is 2. The van der Waals surface area contributed by atoms with Gasteiger partial charge in [-0.3, -0.25) is 23.3 Å². The number of aromatic nitrogens is 2. The molecule has 0 bridgehead atoms. The molecule has 278 valence electrons. The molecule has 4 N–H and O–H groups in total. The van der Waals surface area contributed by atoms with Crippen LogP contribution in [0.25, 0.3) is 0 Å². The number of hydrogen-bond donors (Lipinski definition) is 4. The summed E-state index contributed by atoms with van der Waals surface area (Å²) >= 11 is 0. The largest absolute Gasteiger partial charge is 0.510 e. The number of carbonyl (C=O) groups excluding carboxylic acids is 2. The number of rotatable bonds is 26. The molecule has 0 spiro atoms. The van der Waals surface area contributed by atoms with Crippen molar-refractivity contribution in [2.24, 2.45) is 5.92 Å². The quantitative estimate of drug-likeness (QED) is 0.0403. The van der Waals surface area contributed by atoms with Crippen LogP contribution in [-0.2, 0) is 56.0 Å². The summed E-state index contributed by atoms with van der Waals surface area (Å²) in [5.74, 6) is -1.78. The van der Waals surface area contributed by atoms with E-state index >= 15 is 0 Å². The summed E-state index contributed by atoms with van der Waals surface area (Å²) in [5, 5.41) is 32.1. The van der Waals surface area contributed by atoms with Gasteiger partial charge in [-0.1, -0.05) is 0 Å². The fourth-order valence-corrected chi connectivity index (χ4v) is 4.23. The Morgan fingerprint density at radius 2 is 1.38 bits per heavy atom. The van der Waals surface area contributed by atoms with Gasteiger partial charge in [0.1, 0.15) is 18.8 Å². The van der Waals surface area contributed by atoms with Gasteiger partial charge in [-0.2, -0.15) is 0 Å². The first-order valence-corrected chi connectivity index (χ1v) is 15.5. The third-order valence-electron chi connectivity index (χ3n) is 5.86. The number of phosphoric ester groups is 1. The second-order valence-electron chi connectivity index (χ2n) is 9.41. The Hall–Kier alpha value is -3.02. The molecular weight excluding hydrogens is 682 g/mol. The number of methoxy groups -OCH3 is 2. The van der Waals surface area contributed by atoms with Gasteiger partial charge in [-0.05, 0) is 6.92 Å².